The Morgan fingerprint density at radius 3 is 2.75 bits per heavy atom. The number of nitrogens with zero attached hydrogens (tertiary/aromatic N) is 3. The largest absolute Gasteiger partial charge is 0.319 e. The molecule has 1 aliphatic heterocycles. The van der Waals surface area contributed by atoms with Gasteiger partial charge in [0.2, 0.25) is 0 Å². The number of carbonyl (C=O) groups is 1. The van der Waals surface area contributed by atoms with Crippen LogP contribution in [0.5, 0.6) is 0 Å². The molecular formula is C22H14N4OS. The topological polar surface area (TPSA) is 67.2 Å². The molecule has 5 rings (SSSR count). The van der Waals surface area contributed by atoms with E-state index >= 15 is 0 Å². The number of aromatic nitrogens is 2. The molecule has 28 heavy (non-hydrogen) atoms. The highest BCUT2D eigenvalue weighted by molar-refractivity contribution is 8.18. The number of nitrogens with one attached hydrogen (secondary N) is 1. The van der Waals surface area contributed by atoms with Crippen LogP contribution in [0.1, 0.15) is 5.56 Å². The second kappa shape index (κ2) is 6.90. The summed E-state index contributed by atoms with van der Waals surface area (Å²) in [4.78, 5) is 25.9. The van der Waals surface area contributed by atoms with Crippen molar-refractivity contribution in [1.82, 2.24) is 9.97 Å². The fraction of sp³-hybridized carbons (Fsp3) is 0. The zero-order chi connectivity index (χ0) is 18.9. The van der Waals surface area contributed by atoms with Gasteiger partial charge >= 0.3 is 0 Å². The maximum atomic E-state index is 12.3. The number of benzene rings is 2. The molecule has 0 unspecified atom stereocenters. The van der Waals surface area contributed by atoms with Gasteiger partial charge in [-0.1, -0.05) is 30.3 Å². The van der Waals surface area contributed by atoms with E-state index in [1.165, 1.54) is 11.8 Å². The van der Waals surface area contributed by atoms with Gasteiger partial charge in [0.05, 0.1) is 15.9 Å². The maximum Gasteiger partial charge on any atom is 0.286 e. The Balaban J connectivity index is 1.37. The van der Waals surface area contributed by atoms with Crippen LogP contribution in [0.15, 0.2) is 82.8 Å². The maximum absolute atomic E-state index is 12.3. The van der Waals surface area contributed by atoms with Crippen molar-refractivity contribution in [2.24, 2.45) is 4.99 Å². The average Bonchev–Trinajstić information content (AvgIpc) is 3.06. The van der Waals surface area contributed by atoms with Gasteiger partial charge in [0, 0.05) is 17.0 Å². The van der Waals surface area contributed by atoms with Crippen molar-refractivity contribution in [2.45, 2.75) is 0 Å². The lowest BCUT2D eigenvalue weighted by atomic mass is 10.1. The van der Waals surface area contributed by atoms with E-state index < -0.39 is 0 Å². The third-order valence-electron chi connectivity index (χ3n) is 4.38. The Morgan fingerprint density at radius 1 is 0.893 bits per heavy atom. The van der Waals surface area contributed by atoms with Crippen molar-refractivity contribution in [3.63, 3.8) is 0 Å². The molecule has 2 aromatic carbocycles. The lowest BCUT2D eigenvalue weighted by Gasteiger charge is -2.05. The SMILES string of the molecule is O=C1N=C(Nc2ccc3ccccc3n2)S/C1=C\c1ccc2ncccc2c1. The number of aliphatic imine (C=N–C) groups is 1. The van der Waals surface area contributed by atoms with E-state index in [0.717, 1.165) is 27.4 Å². The van der Waals surface area contributed by atoms with Gasteiger partial charge in [0.1, 0.15) is 5.82 Å². The van der Waals surface area contributed by atoms with Crippen molar-refractivity contribution >= 4 is 56.5 Å². The monoisotopic (exact) mass is 382 g/mol. The third-order valence-corrected chi connectivity index (χ3v) is 5.28. The summed E-state index contributed by atoms with van der Waals surface area (Å²) < 4.78 is 0. The minimum atomic E-state index is -0.250. The first-order chi connectivity index (χ1) is 13.7. The molecule has 0 fully saturated rings. The molecule has 1 aliphatic rings. The highest BCUT2D eigenvalue weighted by Crippen LogP contribution is 2.30. The number of amidine groups is 1. The summed E-state index contributed by atoms with van der Waals surface area (Å²) in [7, 11) is 0. The Labute approximate surface area is 165 Å². The molecule has 0 radical (unpaired) electrons. The molecule has 134 valence electrons. The van der Waals surface area contributed by atoms with E-state index in [0.29, 0.717) is 15.9 Å². The van der Waals surface area contributed by atoms with Gasteiger partial charge in [-0.05, 0) is 59.8 Å². The number of hydrogen-bond donors (Lipinski definition) is 1. The molecule has 5 nitrogen and oxygen atoms in total. The molecule has 0 spiro atoms. The van der Waals surface area contributed by atoms with E-state index in [1.54, 1.807) is 6.20 Å². The van der Waals surface area contributed by atoms with Crippen molar-refractivity contribution in [3.05, 3.63) is 83.4 Å². The number of anilines is 1. The molecule has 0 saturated heterocycles. The number of carbonyl (C=O) groups excluding carboxylic acids is 1. The van der Waals surface area contributed by atoms with Crippen molar-refractivity contribution in [1.29, 1.82) is 0 Å². The predicted molar refractivity (Wildman–Crippen MR) is 115 cm³/mol. The van der Waals surface area contributed by atoms with Crippen LogP contribution in [0.25, 0.3) is 27.9 Å². The minimum absolute atomic E-state index is 0.250. The molecule has 0 saturated carbocycles. The summed E-state index contributed by atoms with van der Waals surface area (Å²) in [5, 5.41) is 5.77. The van der Waals surface area contributed by atoms with E-state index in [1.807, 2.05) is 72.8 Å². The Hall–Kier alpha value is -3.51. The number of amides is 1. The predicted octanol–water partition coefficient (Wildman–Crippen LogP) is 4.87. The van der Waals surface area contributed by atoms with Crippen LogP contribution in [0.4, 0.5) is 5.82 Å². The number of pyridine rings is 2. The van der Waals surface area contributed by atoms with Crippen molar-refractivity contribution in [3.8, 4) is 0 Å². The van der Waals surface area contributed by atoms with Gasteiger partial charge in [0.15, 0.2) is 5.17 Å². The Morgan fingerprint density at radius 2 is 1.79 bits per heavy atom. The first-order valence-electron chi connectivity index (χ1n) is 8.75. The molecule has 3 heterocycles. The zero-order valence-corrected chi connectivity index (χ0v) is 15.5. The van der Waals surface area contributed by atoms with Crippen LogP contribution >= 0.6 is 11.8 Å². The second-order valence-electron chi connectivity index (χ2n) is 6.30. The molecule has 1 amide bonds. The Kier molecular flexibility index (Phi) is 4.10. The average molecular weight is 382 g/mol. The summed E-state index contributed by atoms with van der Waals surface area (Å²) in [6.07, 6.45) is 3.62. The van der Waals surface area contributed by atoms with Crippen LogP contribution in [0.2, 0.25) is 0 Å². The van der Waals surface area contributed by atoms with E-state index in [9.17, 15) is 4.79 Å². The van der Waals surface area contributed by atoms with E-state index in [-0.39, 0.29) is 5.91 Å². The first-order valence-corrected chi connectivity index (χ1v) is 9.56. The number of thioether (sulfide) groups is 1. The molecule has 0 aliphatic carbocycles. The number of rotatable bonds is 2. The minimum Gasteiger partial charge on any atom is -0.319 e. The third kappa shape index (κ3) is 3.25. The van der Waals surface area contributed by atoms with Gasteiger partial charge in [-0.25, -0.2) is 4.98 Å². The molecule has 0 atom stereocenters. The molecule has 4 aromatic rings. The second-order valence-corrected chi connectivity index (χ2v) is 7.33. The van der Waals surface area contributed by atoms with Gasteiger partial charge in [0.25, 0.3) is 5.91 Å². The smallest absolute Gasteiger partial charge is 0.286 e. The van der Waals surface area contributed by atoms with Crippen LogP contribution in [-0.4, -0.2) is 21.0 Å². The highest BCUT2D eigenvalue weighted by Gasteiger charge is 2.22. The lowest BCUT2D eigenvalue weighted by Crippen LogP contribution is -2.06. The summed E-state index contributed by atoms with van der Waals surface area (Å²) in [6.45, 7) is 0. The Bertz CT molecular complexity index is 1300. The zero-order valence-electron chi connectivity index (χ0n) is 14.7. The standard InChI is InChI=1S/C22H14N4OS/c27-21-19(13-14-7-9-17-16(12-14)5-3-11-23-17)28-22(26-21)25-20-10-8-15-4-1-2-6-18(15)24-20/h1-13H,(H,24,25,26,27)/b19-13-. The van der Waals surface area contributed by atoms with Crippen LogP contribution in [-0.2, 0) is 4.79 Å². The van der Waals surface area contributed by atoms with Gasteiger partial charge < -0.3 is 5.32 Å². The summed E-state index contributed by atoms with van der Waals surface area (Å²) in [6, 6.07) is 21.6. The van der Waals surface area contributed by atoms with E-state index in [4.69, 9.17) is 0 Å². The lowest BCUT2D eigenvalue weighted by molar-refractivity contribution is -0.113. The molecule has 2 aromatic heterocycles. The number of para-hydroxylation sites is 1. The normalized spacial score (nSPS) is 15.4. The quantitative estimate of drug-likeness (QED) is 0.501. The van der Waals surface area contributed by atoms with Crippen LogP contribution in [0.3, 0.4) is 0 Å². The van der Waals surface area contributed by atoms with Gasteiger partial charge in [-0.3, -0.25) is 9.78 Å². The molecule has 1 N–H and O–H groups in total. The van der Waals surface area contributed by atoms with Crippen molar-refractivity contribution in [2.75, 3.05) is 5.32 Å². The summed E-state index contributed by atoms with van der Waals surface area (Å²) in [5.74, 6) is 0.412. The number of hydrogen-bond acceptors (Lipinski definition) is 5. The fourth-order valence-corrected chi connectivity index (χ4v) is 3.86. The van der Waals surface area contributed by atoms with Crippen LogP contribution in [0, 0.1) is 0 Å². The van der Waals surface area contributed by atoms with E-state index in [2.05, 4.69) is 20.3 Å². The molecular weight excluding hydrogens is 368 g/mol. The van der Waals surface area contributed by atoms with Gasteiger partial charge in [-0.15, -0.1) is 0 Å². The van der Waals surface area contributed by atoms with Gasteiger partial charge in [-0.2, -0.15) is 4.99 Å². The van der Waals surface area contributed by atoms with Crippen molar-refractivity contribution < 1.29 is 4.79 Å². The van der Waals surface area contributed by atoms with Crippen LogP contribution < -0.4 is 5.32 Å². The molecule has 6 heteroatoms. The fourth-order valence-electron chi connectivity index (χ4n) is 3.04. The summed E-state index contributed by atoms with van der Waals surface area (Å²) >= 11 is 1.31. The molecule has 0 bridgehead atoms. The highest BCUT2D eigenvalue weighted by atomic mass is 32.2. The number of fused-ring (bicyclic) bond motifs is 2. The summed E-state index contributed by atoms with van der Waals surface area (Å²) in [5.41, 5.74) is 2.76. The first kappa shape index (κ1) is 16.6.